The molecule has 7 aromatic rings. The number of nitrogens with one attached hydrogen (secondary N) is 1. The number of benzene rings is 4. The van der Waals surface area contributed by atoms with Crippen molar-refractivity contribution in [3.05, 3.63) is 78.9 Å². The van der Waals surface area contributed by atoms with Gasteiger partial charge in [-0.25, -0.2) is 29.9 Å². The molecule has 0 saturated carbocycles. The Balaban J connectivity index is 1.55. The predicted molar refractivity (Wildman–Crippen MR) is 162 cm³/mol. The van der Waals surface area contributed by atoms with Crippen molar-refractivity contribution in [2.45, 2.75) is 0 Å². The first-order valence-corrected chi connectivity index (χ1v) is 13.6. The topological polar surface area (TPSA) is 179 Å². The van der Waals surface area contributed by atoms with Gasteiger partial charge in [0.25, 0.3) is 0 Å². The third-order valence-corrected chi connectivity index (χ3v) is 7.89. The molecule has 210 valence electrons. The summed E-state index contributed by atoms with van der Waals surface area (Å²) in [5.74, 6) is -0.576. The zero-order valence-corrected chi connectivity index (χ0v) is 22.4. The summed E-state index contributed by atoms with van der Waals surface area (Å²) in [4.78, 5) is 31.7. The van der Waals surface area contributed by atoms with Crippen LogP contribution < -0.4 is 0 Å². The Morgan fingerprint density at radius 2 is 0.955 bits per heavy atom. The van der Waals surface area contributed by atoms with E-state index in [0.29, 0.717) is 55.9 Å². The monoisotopic (exact) mass is 578 g/mol. The van der Waals surface area contributed by atoms with Crippen LogP contribution in [0.4, 0.5) is 0 Å². The SMILES string of the molecule is Oc1cc2c3nc4nc(nc5c6ccccc6c(nc6nc(nc([nH]3)c2c(O)c1O)-c1ccccc1-6)n5O)-c1ccccc1-4. The van der Waals surface area contributed by atoms with Crippen molar-refractivity contribution in [3.8, 4) is 62.8 Å². The highest BCUT2D eigenvalue weighted by Crippen LogP contribution is 2.44. The molecule has 12 nitrogen and oxygen atoms in total. The van der Waals surface area contributed by atoms with Gasteiger partial charge < -0.3 is 25.5 Å². The summed E-state index contributed by atoms with van der Waals surface area (Å²) in [6, 6.07) is 23.5. The number of aromatic amines is 1. The summed E-state index contributed by atoms with van der Waals surface area (Å²) in [5, 5.41) is 45.0. The lowest BCUT2D eigenvalue weighted by Crippen LogP contribution is -1.94. The molecule has 0 atom stereocenters. The molecule has 9 rings (SSSR count). The zero-order chi connectivity index (χ0) is 29.7. The molecule has 0 fully saturated rings. The Kier molecular flexibility index (Phi) is 4.64. The smallest absolute Gasteiger partial charge is 0.201 e. The van der Waals surface area contributed by atoms with Crippen LogP contribution in [0.3, 0.4) is 0 Å². The van der Waals surface area contributed by atoms with Gasteiger partial charge in [-0.1, -0.05) is 72.8 Å². The van der Waals surface area contributed by atoms with E-state index in [-0.39, 0.29) is 33.8 Å². The summed E-state index contributed by atoms with van der Waals surface area (Å²) < 4.78 is 0.936. The van der Waals surface area contributed by atoms with Gasteiger partial charge in [0, 0.05) is 38.4 Å². The van der Waals surface area contributed by atoms with E-state index in [1.54, 1.807) is 0 Å². The first-order valence-electron chi connectivity index (χ1n) is 13.6. The number of aromatic nitrogens is 8. The Labute approximate surface area is 245 Å². The van der Waals surface area contributed by atoms with E-state index in [0.717, 1.165) is 4.73 Å². The third kappa shape index (κ3) is 3.21. The molecule has 0 saturated heterocycles. The Hall–Kier alpha value is -6.56. The summed E-state index contributed by atoms with van der Waals surface area (Å²) in [7, 11) is 0. The van der Waals surface area contributed by atoms with Gasteiger partial charge in [-0.15, -0.1) is 4.73 Å². The van der Waals surface area contributed by atoms with Crippen LogP contribution >= 0.6 is 0 Å². The van der Waals surface area contributed by atoms with Gasteiger partial charge in [0.2, 0.25) is 5.75 Å². The fourth-order valence-corrected chi connectivity index (χ4v) is 5.84. The van der Waals surface area contributed by atoms with Gasteiger partial charge in [0.1, 0.15) is 11.3 Å². The van der Waals surface area contributed by atoms with Crippen molar-refractivity contribution in [3.63, 3.8) is 0 Å². The summed E-state index contributed by atoms with van der Waals surface area (Å²) in [6.45, 7) is 0. The van der Waals surface area contributed by atoms with Crippen molar-refractivity contribution in [1.82, 2.24) is 39.6 Å². The number of hydrogen-bond acceptors (Lipinski definition) is 10. The number of H-pyrrole nitrogens is 1. The number of phenols is 3. The van der Waals surface area contributed by atoms with E-state index in [1.807, 2.05) is 72.8 Å². The molecule has 12 heteroatoms. The lowest BCUT2D eigenvalue weighted by atomic mass is 10.1. The van der Waals surface area contributed by atoms with E-state index >= 15 is 0 Å². The number of rotatable bonds is 0. The van der Waals surface area contributed by atoms with Crippen molar-refractivity contribution in [2.24, 2.45) is 0 Å². The molecular weight excluding hydrogens is 560 g/mol. The summed E-state index contributed by atoms with van der Waals surface area (Å²) >= 11 is 0. The highest BCUT2D eigenvalue weighted by molar-refractivity contribution is 6.10. The van der Waals surface area contributed by atoms with Crippen molar-refractivity contribution in [2.75, 3.05) is 0 Å². The van der Waals surface area contributed by atoms with E-state index in [1.165, 1.54) is 6.07 Å². The normalized spacial score (nSPS) is 12.0. The molecule has 3 aromatic heterocycles. The molecule has 5 heterocycles. The van der Waals surface area contributed by atoms with Gasteiger partial charge in [-0.2, -0.15) is 0 Å². The quantitative estimate of drug-likeness (QED) is 0.111. The molecule has 0 radical (unpaired) electrons. The number of aromatic hydroxyl groups is 3. The highest BCUT2D eigenvalue weighted by Gasteiger charge is 2.24. The molecule has 0 unspecified atom stereocenters. The fraction of sp³-hybridized carbons (Fsp3) is 0. The number of hydrogen-bond donors (Lipinski definition) is 5. The predicted octanol–water partition coefficient (Wildman–Crippen LogP) is 5.70. The molecule has 4 aromatic carbocycles. The van der Waals surface area contributed by atoms with Crippen LogP contribution in [-0.2, 0) is 0 Å². The van der Waals surface area contributed by atoms with E-state index in [2.05, 4.69) is 4.98 Å². The Bertz CT molecular complexity index is 2570. The van der Waals surface area contributed by atoms with Gasteiger partial charge >= 0.3 is 0 Å². The van der Waals surface area contributed by atoms with Crippen molar-refractivity contribution in [1.29, 1.82) is 0 Å². The molecule has 44 heavy (non-hydrogen) atoms. The lowest BCUT2D eigenvalue weighted by Gasteiger charge is -2.02. The number of nitrogens with zero attached hydrogens (tertiary/aromatic N) is 7. The maximum absolute atomic E-state index is 11.5. The van der Waals surface area contributed by atoms with Crippen LogP contribution in [0.5, 0.6) is 17.2 Å². The average Bonchev–Trinajstić information content (AvgIpc) is 3.74. The van der Waals surface area contributed by atoms with Gasteiger partial charge in [0.15, 0.2) is 46.1 Å². The van der Waals surface area contributed by atoms with Gasteiger partial charge in [-0.3, -0.25) is 0 Å². The molecule has 2 aliphatic rings. The largest absolute Gasteiger partial charge is 0.504 e. The molecule has 0 amide bonds. The first kappa shape index (κ1) is 24.1. The van der Waals surface area contributed by atoms with E-state index in [4.69, 9.17) is 29.9 Å². The molecule has 0 spiro atoms. The van der Waals surface area contributed by atoms with Gasteiger partial charge in [0.05, 0.1) is 5.39 Å². The highest BCUT2D eigenvalue weighted by atomic mass is 16.5. The minimum absolute atomic E-state index is 0.133. The first-order chi connectivity index (χ1) is 21.5. The lowest BCUT2D eigenvalue weighted by molar-refractivity contribution is 0.209. The molecule has 5 N–H and O–H groups in total. The average molecular weight is 579 g/mol. The Morgan fingerprint density at radius 1 is 0.500 bits per heavy atom. The maximum atomic E-state index is 11.5. The second kappa shape index (κ2) is 8.49. The van der Waals surface area contributed by atoms with Gasteiger partial charge in [-0.05, 0) is 6.07 Å². The second-order valence-corrected chi connectivity index (χ2v) is 10.4. The van der Waals surface area contributed by atoms with Crippen molar-refractivity contribution < 1.29 is 20.5 Å². The molecule has 8 bridgehead atoms. The van der Waals surface area contributed by atoms with Crippen molar-refractivity contribution >= 4 is 44.1 Å². The molecule has 0 aliphatic carbocycles. The van der Waals surface area contributed by atoms with Crippen LogP contribution in [0.15, 0.2) is 78.9 Å². The summed E-state index contributed by atoms with van der Waals surface area (Å²) in [5.41, 5.74) is 3.55. The van der Waals surface area contributed by atoms with Crippen LogP contribution in [0.25, 0.3) is 89.7 Å². The Morgan fingerprint density at radius 3 is 1.48 bits per heavy atom. The number of fused-ring (bicyclic) bond motifs is 20. The molecular formula is C32H18N8O4. The fourth-order valence-electron chi connectivity index (χ4n) is 5.84. The third-order valence-electron chi connectivity index (χ3n) is 7.89. The summed E-state index contributed by atoms with van der Waals surface area (Å²) in [6.07, 6.45) is 0. The van der Waals surface area contributed by atoms with Crippen LogP contribution in [-0.4, -0.2) is 60.1 Å². The zero-order valence-electron chi connectivity index (χ0n) is 22.4. The minimum atomic E-state index is -0.689. The van der Waals surface area contributed by atoms with E-state index in [9.17, 15) is 20.5 Å². The minimum Gasteiger partial charge on any atom is -0.504 e. The van der Waals surface area contributed by atoms with Crippen LogP contribution in [0.1, 0.15) is 0 Å². The number of phenolic OH excluding ortho intramolecular Hbond substituents is 3. The van der Waals surface area contributed by atoms with Crippen LogP contribution in [0, 0.1) is 0 Å². The standard InChI is InChI=1S/C32H18N8O4/c41-21-13-20-22(24(43)23(21)42)30-36-26-15-8-2-4-10-17(15)28(34-26)39-32-19-12-6-5-11-18(19)31(40(32)44)38-27-16-9-3-1-7-14(16)25(33-27)35-29(20)37-30/h1-13,41-44H,(H,33,34,35,36,37,38,39). The van der Waals surface area contributed by atoms with Crippen LogP contribution in [0.2, 0.25) is 0 Å². The molecule has 2 aliphatic heterocycles. The maximum Gasteiger partial charge on any atom is 0.201 e. The second-order valence-electron chi connectivity index (χ2n) is 10.4. The van der Waals surface area contributed by atoms with E-state index < -0.39 is 17.2 Å².